The molecule has 0 saturated carbocycles. The molecule has 1 saturated heterocycles. The zero-order valence-corrected chi connectivity index (χ0v) is 10.4. The molecular formula is C12H14F3NO3. The van der Waals surface area contributed by atoms with Gasteiger partial charge in [-0.2, -0.15) is 13.2 Å². The van der Waals surface area contributed by atoms with Crippen molar-refractivity contribution in [1.82, 2.24) is 4.90 Å². The Hall–Kier alpha value is -1.53. The minimum atomic E-state index is -4.44. The van der Waals surface area contributed by atoms with Crippen LogP contribution in [0.15, 0.2) is 11.6 Å². The number of halogens is 3. The first-order chi connectivity index (χ1) is 8.80. The van der Waals surface area contributed by atoms with Crippen LogP contribution in [0.2, 0.25) is 0 Å². The quantitative estimate of drug-likeness (QED) is 0.692. The Kier molecular flexibility index (Phi) is 3.56. The number of nitrogens with zero attached hydrogens (tertiary/aromatic N) is 1. The van der Waals surface area contributed by atoms with Gasteiger partial charge in [0.1, 0.15) is 6.61 Å². The average molecular weight is 277 g/mol. The number of allylic oxidation sites excluding steroid dienone is 2. The van der Waals surface area contributed by atoms with Crippen molar-refractivity contribution in [2.24, 2.45) is 11.8 Å². The number of carbonyl (C=O) groups is 2. The second-order valence-electron chi connectivity index (χ2n) is 4.85. The highest BCUT2D eigenvalue weighted by atomic mass is 19.4. The molecule has 2 atom stereocenters. The largest absolute Gasteiger partial charge is 0.447 e. The standard InChI is InChI=1S/C12H14F3NO3/c1-7-2-3-8(9(6-7)12(13,14)15)10(17)16-4-5-19-11(16)18/h2,8-9H,3-6H2,1H3/t8-,9-/m1/s1. The SMILES string of the molecule is CC1=CC[C@@H](C(=O)N2CCOC2=O)[C@H](C(F)(F)F)C1. The van der Waals surface area contributed by atoms with Crippen molar-refractivity contribution in [1.29, 1.82) is 0 Å². The molecule has 2 amide bonds. The summed E-state index contributed by atoms with van der Waals surface area (Å²) in [6.45, 7) is 1.69. The lowest BCUT2D eigenvalue weighted by molar-refractivity contribution is -0.194. The first-order valence-corrected chi connectivity index (χ1v) is 6.01. The van der Waals surface area contributed by atoms with Crippen LogP contribution in [0.3, 0.4) is 0 Å². The second kappa shape index (κ2) is 4.86. The van der Waals surface area contributed by atoms with Crippen molar-refractivity contribution in [3.63, 3.8) is 0 Å². The van der Waals surface area contributed by atoms with Gasteiger partial charge in [0.05, 0.1) is 18.4 Å². The van der Waals surface area contributed by atoms with E-state index >= 15 is 0 Å². The summed E-state index contributed by atoms with van der Waals surface area (Å²) in [7, 11) is 0. The molecule has 1 fully saturated rings. The van der Waals surface area contributed by atoms with Crippen molar-refractivity contribution in [3.05, 3.63) is 11.6 Å². The predicted molar refractivity (Wildman–Crippen MR) is 59.1 cm³/mol. The van der Waals surface area contributed by atoms with Crippen LogP contribution in [0.1, 0.15) is 19.8 Å². The Morgan fingerprint density at radius 3 is 2.68 bits per heavy atom. The number of amides is 2. The van der Waals surface area contributed by atoms with E-state index in [0.717, 1.165) is 4.90 Å². The minimum absolute atomic E-state index is 0.0125. The first-order valence-electron chi connectivity index (χ1n) is 6.01. The second-order valence-corrected chi connectivity index (χ2v) is 4.85. The van der Waals surface area contributed by atoms with E-state index in [0.29, 0.717) is 5.57 Å². The highest BCUT2D eigenvalue weighted by Crippen LogP contribution is 2.42. The van der Waals surface area contributed by atoms with Gasteiger partial charge in [0.15, 0.2) is 0 Å². The monoisotopic (exact) mass is 277 g/mol. The molecule has 0 bridgehead atoms. The van der Waals surface area contributed by atoms with E-state index in [-0.39, 0.29) is 26.0 Å². The number of alkyl halides is 3. The highest BCUT2D eigenvalue weighted by Gasteiger charge is 2.50. The molecule has 1 aliphatic carbocycles. The molecule has 1 aliphatic heterocycles. The minimum Gasteiger partial charge on any atom is -0.447 e. The number of cyclic esters (lactones) is 1. The van der Waals surface area contributed by atoms with Gasteiger partial charge >= 0.3 is 12.3 Å². The molecule has 0 spiro atoms. The van der Waals surface area contributed by atoms with Gasteiger partial charge in [0.2, 0.25) is 5.91 Å². The third-order valence-corrected chi connectivity index (χ3v) is 3.51. The van der Waals surface area contributed by atoms with E-state index in [1.165, 1.54) is 0 Å². The Balaban J connectivity index is 2.21. The number of hydrogen-bond acceptors (Lipinski definition) is 3. The van der Waals surface area contributed by atoms with Gasteiger partial charge in [0, 0.05) is 0 Å². The molecule has 4 nitrogen and oxygen atoms in total. The molecule has 106 valence electrons. The summed E-state index contributed by atoms with van der Waals surface area (Å²) < 4.78 is 43.6. The van der Waals surface area contributed by atoms with Crippen LogP contribution in [0, 0.1) is 11.8 Å². The fourth-order valence-electron chi connectivity index (χ4n) is 2.48. The van der Waals surface area contributed by atoms with Gasteiger partial charge in [-0.05, 0) is 19.8 Å². The van der Waals surface area contributed by atoms with Crippen molar-refractivity contribution >= 4 is 12.0 Å². The molecule has 0 unspecified atom stereocenters. The number of imide groups is 1. The van der Waals surface area contributed by atoms with Gasteiger partial charge in [0.25, 0.3) is 0 Å². The first kappa shape index (κ1) is 13.9. The topological polar surface area (TPSA) is 46.6 Å². The third kappa shape index (κ3) is 2.74. The number of rotatable bonds is 1. The number of hydrogen-bond donors (Lipinski definition) is 0. The van der Waals surface area contributed by atoms with Gasteiger partial charge < -0.3 is 4.74 Å². The normalized spacial score (nSPS) is 28.1. The van der Waals surface area contributed by atoms with E-state index in [4.69, 9.17) is 0 Å². The van der Waals surface area contributed by atoms with E-state index in [9.17, 15) is 22.8 Å². The molecule has 0 N–H and O–H groups in total. The van der Waals surface area contributed by atoms with E-state index < -0.39 is 30.0 Å². The Morgan fingerprint density at radius 2 is 2.16 bits per heavy atom. The molecule has 19 heavy (non-hydrogen) atoms. The maximum Gasteiger partial charge on any atom is 0.416 e. The Morgan fingerprint density at radius 1 is 1.47 bits per heavy atom. The van der Waals surface area contributed by atoms with Crippen LogP contribution in [0.5, 0.6) is 0 Å². The summed E-state index contributed by atoms with van der Waals surface area (Å²) >= 11 is 0. The average Bonchev–Trinajstić information content (AvgIpc) is 2.73. The molecular weight excluding hydrogens is 263 g/mol. The van der Waals surface area contributed by atoms with Crippen LogP contribution < -0.4 is 0 Å². The maximum absolute atomic E-state index is 13.0. The summed E-state index contributed by atoms with van der Waals surface area (Å²) in [4.78, 5) is 24.1. The summed E-state index contributed by atoms with van der Waals surface area (Å²) in [6, 6.07) is 0. The van der Waals surface area contributed by atoms with E-state index in [1.54, 1.807) is 13.0 Å². The van der Waals surface area contributed by atoms with Crippen LogP contribution in [-0.4, -0.2) is 36.2 Å². The molecule has 2 aliphatic rings. The van der Waals surface area contributed by atoms with Crippen molar-refractivity contribution < 1.29 is 27.5 Å². The predicted octanol–water partition coefficient (Wildman–Crippen LogP) is 2.50. The van der Waals surface area contributed by atoms with Gasteiger partial charge in [-0.25, -0.2) is 9.69 Å². The van der Waals surface area contributed by atoms with Crippen LogP contribution >= 0.6 is 0 Å². The summed E-state index contributed by atoms with van der Waals surface area (Å²) in [5.41, 5.74) is 0.621. The molecule has 2 rings (SSSR count). The van der Waals surface area contributed by atoms with Gasteiger partial charge in [-0.1, -0.05) is 11.6 Å². The lowest BCUT2D eigenvalue weighted by Gasteiger charge is -2.32. The maximum atomic E-state index is 13.0. The van der Waals surface area contributed by atoms with Crippen molar-refractivity contribution in [2.45, 2.75) is 25.9 Å². The Bertz CT molecular complexity index is 430. The molecule has 1 heterocycles. The summed E-state index contributed by atoms with van der Waals surface area (Å²) in [5.74, 6) is -3.73. The molecule has 0 aromatic heterocycles. The van der Waals surface area contributed by atoms with E-state index in [1.807, 2.05) is 0 Å². The number of carbonyl (C=O) groups excluding carboxylic acids is 2. The molecule has 0 aromatic carbocycles. The van der Waals surface area contributed by atoms with Crippen LogP contribution in [0.25, 0.3) is 0 Å². The van der Waals surface area contributed by atoms with Gasteiger partial charge in [-0.3, -0.25) is 4.79 Å². The van der Waals surface area contributed by atoms with Crippen molar-refractivity contribution in [2.75, 3.05) is 13.2 Å². The van der Waals surface area contributed by atoms with Gasteiger partial charge in [-0.15, -0.1) is 0 Å². The lowest BCUT2D eigenvalue weighted by atomic mass is 9.78. The molecule has 0 radical (unpaired) electrons. The lowest BCUT2D eigenvalue weighted by Crippen LogP contribution is -2.44. The zero-order chi connectivity index (χ0) is 14.2. The summed E-state index contributed by atoms with van der Waals surface area (Å²) in [5, 5.41) is 0. The Labute approximate surface area is 108 Å². The zero-order valence-electron chi connectivity index (χ0n) is 10.4. The summed E-state index contributed by atoms with van der Waals surface area (Å²) in [6.07, 6.45) is -3.84. The van der Waals surface area contributed by atoms with E-state index in [2.05, 4.69) is 4.74 Å². The molecule has 0 aromatic rings. The molecule has 7 heteroatoms. The van der Waals surface area contributed by atoms with Crippen molar-refractivity contribution in [3.8, 4) is 0 Å². The fourth-order valence-corrected chi connectivity index (χ4v) is 2.48. The fraction of sp³-hybridized carbons (Fsp3) is 0.667. The third-order valence-electron chi connectivity index (χ3n) is 3.51. The smallest absolute Gasteiger partial charge is 0.416 e. The number of ether oxygens (including phenoxy) is 1. The van der Waals surface area contributed by atoms with Crippen LogP contribution in [0.4, 0.5) is 18.0 Å². The van der Waals surface area contributed by atoms with Crippen LogP contribution in [-0.2, 0) is 9.53 Å². The highest BCUT2D eigenvalue weighted by molar-refractivity contribution is 5.94.